The van der Waals surface area contributed by atoms with E-state index in [1.165, 1.54) is 0 Å². The molecule has 1 unspecified atom stereocenters. The molecule has 0 fully saturated rings. The predicted octanol–water partition coefficient (Wildman–Crippen LogP) is 4.62. The molecule has 0 bridgehead atoms. The second-order valence-corrected chi connectivity index (χ2v) is 7.37. The Hall–Kier alpha value is -3.35. The maximum absolute atomic E-state index is 12.5. The van der Waals surface area contributed by atoms with Gasteiger partial charge >= 0.3 is 0 Å². The Morgan fingerprint density at radius 2 is 1.64 bits per heavy atom. The van der Waals surface area contributed by atoms with E-state index in [9.17, 15) is 9.35 Å². The summed E-state index contributed by atoms with van der Waals surface area (Å²) in [4.78, 5) is 17.2. The van der Waals surface area contributed by atoms with Crippen molar-refractivity contribution in [2.24, 2.45) is 0 Å². The second kappa shape index (κ2) is 8.12. The van der Waals surface area contributed by atoms with Gasteiger partial charge in [0.2, 0.25) is 0 Å². The van der Waals surface area contributed by atoms with E-state index in [0.717, 1.165) is 16.5 Å². The van der Waals surface area contributed by atoms with E-state index in [-0.39, 0.29) is 5.91 Å². The van der Waals surface area contributed by atoms with Gasteiger partial charge in [0.05, 0.1) is 5.69 Å². The molecule has 0 aliphatic rings. The first-order valence-corrected chi connectivity index (χ1v) is 9.83. The van der Waals surface area contributed by atoms with E-state index in [4.69, 9.17) is 0 Å². The first-order valence-electron chi connectivity index (χ1n) is 8.68. The zero-order valence-corrected chi connectivity index (χ0v) is 15.6. The Balaban J connectivity index is 1.44. The van der Waals surface area contributed by atoms with E-state index in [2.05, 4.69) is 15.0 Å². The van der Waals surface area contributed by atoms with Crippen LogP contribution < -0.4 is 10.0 Å². The molecule has 1 amide bonds. The fourth-order valence-corrected chi connectivity index (χ4v) is 3.61. The third-order valence-electron chi connectivity index (χ3n) is 4.21. The number of nitrogens with zero attached hydrogens (tertiary/aromatic N) is 1. The Morgan fingerprint density at radius 1 is 0.857 bits per heavy atom. The summed E-state index contributed by atoms with van der Waals surface area (Å²) in [6.07, 6.45) is 3.45. The molecule has 0 saturated carbocycles. The third-order valence-corrected chi connectivity index (χ3v) is 5.33. The maximum Gasteiger partial charge on any atom is 0.255 e. The van der Waals surface area contributed by atoms with Crippen molar-refractivity contribution in [2.75, 3.05) is 10.0 Å². The molecule has 1 heterocycles. The molecule has 1 atom stereocenters. The van der Waals surface area contributed by atoms with Crippen molar-refractivity contribution in [2.45, 2.75) is 4.90 Å². The Kier molecular flexibility index (Phi) is 5.23. The van der Waals surface area contributed by atoms with Gasteiger partial charge in [0.15, 0.2) is 4.90 Å². The monoisotopic (exact) mass is 387 g/mol. The average Bonchev–Trinajstić information content (AvgIpc) is 2.74. The number of hydrogen-bond acceptors (Lipinski definition) is 4. The summed E-state index contributed by atoms with van der Waals surface area (Å²) in [5.74, 6) is -0.206. The lowest BCUT2D eigenvalue weighted by Crippen LogP contribution is -2.14. The first kappa shape index (κ1) is 18.0. The smallest absolute Gasteiger partial charge is 0.255 e. The summed E-state index contributed by atoms with van der Waals surface area (Å²) in [5, 5.41) is 4.80. The molecule has 3 aromatic carbocycles. The van der Waals surface area contributed by atoms with Crippen molar-refractivity contribution in [1.29, 1.82) is 0 Å². The Bertz CT molecular complexity index is 1100. The van der Waals surface area contributed by atoms with Crippen LogP contribution >= 0.6 is 0 Å². The highest BCUT2D eigenvalue weighted by molar-refractivity contribution is 7.92. The normalized spacial score (nSPS) is 11.8. The van der Waals surface area contributed by atoms with Gasteiger partial charge in [-0.05, 0) is 60.0 Å². The summed E-state index contributed by atoms with van der Waals surface area (Å²) in [7, 11) is 0. The zero-order chi connectivity index (χ0) is 19.3. The van der Waals surface area contributed by atoms with Crippen LogP contribution in [0.2, 0.25) is 0 Å². The van der Waals surface area contributed by atoms with Gasteiger partial charge in [-0.3, -0.25) is 9.78 Å². The van der Waals surface area contributed by atoms with Crippen LogP contribution in [0.1, 0.15) is 10.4 Å². The standard InChI is InChI=1S/C22H17N3O2S/c26-22(17-7-6-16-12-13-23-15-18(16)14-17)24-19-8-10-21(11-9-19)28(27)25-20-4-2-1-3-5-20/h1-15,25H,(H,24,26). The van der Waals surface area contributed by atoms with Crippen molar-refractivity contribution in [3.8, 4) is 0 Å². The number of pyridine rings is 1. The van der Waals surface area contributed by atoms with Gasteiger partial charge < -0.3 is 9.87 Å². The molecule has 28 heavy (non-hydrogen) atoms. The highest BCUT2D eigenvalue weighted by Gasteiger charge is 2.12. The van der Waals surface area contributed by atoms with Gasteiger partial charge in [-0.1, -0.05) is 24.3 Å². The molecule has 2 N–H and O–H groups in total. The molecular formula is C22H17N3O2S. The number of amides is 1. The minimum absolute atomic E-state index is 0.206. The van der Waals surface area contributed by atoms with E-state index >= 15 is 0 Å². The minimum Gasteiger partial charge on any atom is -0.588 e. The van der Waals surface area contributed by atoms with Crippen molar-refractivity contribution < 1.29 is 9.35 Å². The maximum atomic E-state index is 12.5. The number of anilines is 2. The number of para-hydroxylation sites is 1. The molecule has 0 aliphatic carbocycles. The summed E-state index contributed by atoms with van der Waals surface area (Å²) in [6, 6.07) is 23.7. The van der Waals surface area contributed by atoms with Crippen molar-refractivity contribution in [3.63, 3.8) is 0 Å². The van der Waals surface area contributed by atoms with Gasteiger partial charge in [0, 0.05) is 29.0 Å². The molecule has 0 aliphatic heterocycles. The molecular weight excluding hydrogens is 370 g/mol. The van der Waals surface area contributed by atoms with E-state index in [1.54, 1.807) is 42.7 Å². The van der Waals surface area contributed by atoms with E-state index < -0.39 is 11.4 Å². The topological polar surface area (TPSA) is 77.1 Å². The molecule has 138 valence electrons. The van der Waals surface area contributed by atoms with Crippen LogP contribution in [0.25, 0.3) is 10.8 Å². The molecule has 1 aromatic heterocycles. The van der Waals surface area contributed by atoms with Crippen LogP contribution in [0.15, 0.2) is 96.2 Å². The number of carbonyl (C=O) groups excluding carboxylic acids is 1. The SMILES string of the molecule is O=C(Nc1ccc([S+]([O-])Nc2ccccc2)cc1)c1ccc2ccncc2c1. The minimum atomic E-state index is -1.38. The van der Waals surface area contributed by atoms with Crippen LogP contribution in [-0.4, -0.2) is 15.4 Å². The van der Waals surface area contributed by atoms with Crippen molar-refractivity contribution in [3.05, 3.63) is 96.8 Å². The Labute approximate surface area is 165 Å². The molecule has 0 radical (unpaired) electrons. The van der Waals surface area contributed by atoms with E-state index in [1.807, 2.05) is 48.5 Å². The number of fused-ring (bicyclic) bond motifs is 1. The number of aromatic nitrogens is 1. The number of benzene rings is 3. The highest BCUT2D eigenvalue weighted by Crippen LogP contribution is 2.19. The quantitative estimate of drug-likeness (QED) is 0.490. The predicted molar refractivity (Wildman–Crippen MR) is 113 cm³/mol. The molecule has 4 rings (SSSR count). The zero-order valence-electron chi connectivity index (χ0n) is 14.8. The fourth-order valence-electron chi connectivity index (χ4n) is 2.76. The molecule has 5 nitrogen and oxygen atoms in total. The first-order chi connectivity index (χ1) is 13.7. The van der Waals surface area contributed by atoms with Crippen molar-refractivity contribution in [1.82, 2.24) is 4.98 Å². The molecule has 4 aromatic rings. The highest BCUT2D eigenvalue weighted by atomic mass is 32.2. The number of rotatable bonds is 5. The van der Waals surface area contributed by atoms with Crippen LogP contribution in [0.3, 0.4) is 0 Å². The Morgan fingerprint density at radius 3 is 2.43 bits per heavy atom. The van der Waals surface area contributed by atoms with E-state index in [0.29, 0.717) is 16.1 Å². The van der Waals surface area contributed by atoms with Gasteiger partial charge in [0.1, 0.15) is 11.4 Å². The summed E-state index contributed by atoms with van der Waals surface area (Å²) < 4.78 is 15.3. The number of carbonyl (C=O) groups is 1. The third kappa shape index (κ3) is 4.14. The van der Waals surface area contributed by atoms with Crippen LogP contribution in [-0.2, 0) is 11.4 Å². The van der Waals surface area contributed by atoms with Gasteiger partial charge in [0.25, 0.3) is 5.91 Å². The van der Waals surface area contributed by atoms with Gasteiger partial charge in [-0.2, -0.15) is 0 Å². The molecule has 0 spiro atoms. The molecule has 0 saturated heterocycles. The average molecular weight is 387 g/mol. The summed E-state index contributed by atoms with van der Waals surface area (Å²) in [6.45, 7) is 0. The lowest BCUT2D eigenvalue weighted by molar-refractivity contribution is 0.102. The van der Waals surface area contributed by atoms with Gasteiger partial charge in [-0.15, -0.1) is 0 Å². The van der Waals surface area contributed by atoms with Crippen LogP contribution in [0, 0.1) is 0 Å². The number of hydrogen-bond donors (Lipinski definition) is 2. The van der Waals surface area contributed by atoms with Crippen molar-refractivity contribution >= 4 is 39.4 Å². The lowest BCUT2D eigenvalue weighted by Gasteiger charge is -2.12. The summed E-state index contributed by atoms with van der Waals surface area (Å²) >= 11 is -1.38. The largest absolute Gasteiger partial charge is 0.588 e. The van der Waals surface area contributed by atoms with Crippen LogP contribution in [0.5, 0.6) is 0 Å². The van der Waals surface area contributed by atoms with Crippen LogP contribution in [0.4, 0.5) is 11.4 Å². The summed E-state index contributed by atoms with van der Waals surface area (Å²) in [5.41, 5.74) is 1.97. The fraction of sp³-hybridized carbons (Fsp3) is 0. The number of nitrogens with one attached hydrogen (secondary N) is 2. The van der Waals surface area contributed by atoms with Gasteiger partial charge in [-0.25, -0.2) is 4.72 Å². The lowest BCUT2D eigenvalue weighted by atomic mass is 10.1. The molecule has 6 heteroatoms. The second-order valence-electron chi connectivity index (χ2n) is 6.15.